The van der Waals surface area contributed by atoms with Crippen molar-refractivity contribution >= 4 is 23.4 Å². The van der Waals surface area contributed by atoms with Crippen LogP contribution in [0.4, 0.5) is 0 Å². The van der Waals surface area contributed by atoms with Crippen molar-refractivity contribution in [2.75, 3.05) is 6.26 Å². The van der Waals surface area contributed by atoms with E-state index in [4.69, 9.17) is 11.6 Å². The van der Waals surface area contributed by atoms with Gasteiger partial charge in [-0.2, -0.15) is 5.26 Å². The summed E-state index contributed by atoms with van der Waals surface area (Å²) < 4.78 is 0. The lowest BCUT2D eigenvalue weighted by molar-refractivity contribution is 0.590. The Hall–Kier alpha value is -1.57. The third-order valence-corrected chi connectivity index (χ3v) is 3.98. The van der Waals surface area contributed by atoms with Gasteiger partial charge >= 0.3 is 0 Å². The van der Waals surface area contributed by atoms with Crippen LogP contribution in [0.15, 0.2) is 29.4 Å². The standard InChI is InChI=1S/C16H16ClN3S/c1-16(2,3)11-7-5-10(6-8-11)13-12(9-18)14(17)20-15(19-13)21-4/h5-8H,1-4H3. The van der Waals surface area contributed by atoms with E-state index < -0.39 is 0 Å². The monoisotopic (exact) mass is 317 g/mol. The number of benzene rings is 1. The highest BCUT2D eigenvalue weighted by Gasteiger charge is 2.17. The van der Waals surface area contributed by atoms with Gasteiger partial charge in [-0.15, -0.1) is 0 Å². The molecule has 21 heavy (non-hydrogen) atoms. The van der Waals surface area contributed by atoms with Gasteiger partial charge in [0.1, 0.15) is 11.6 Å². The summed E-state index contributed by atoms with van der Waals surface area (Å²) in [6.07, 6.45) is 1.88. The van der Waals surface area contributed by atoms with Crippen molar-refractivity contribution in [2.24, 2.45) is 0 Å². The Morgan fingerprint density at radius 3 is 2.24 bits per heavy atom. The van der Waals surface area contributed by atoms with Crippen molar-refractivity contribution in [3.63, 3.8) is 0 Å². The van der Waals surface area contributed by atoms with Crippen LogP contribution in [0.3, 0.4) is 0 Å². The zero-order valence-electron chi connectivity index (χ0n) is 12.4. The third-order valence-electron chi connectivity index (χ3n) is 3.16. The topological polar surface area (TPSA) is 49.6 Å². The second-order valence-corrected chi connectivity index (χ2v) is 6.80. The number of halogens is 1. The van der Waals surface area contributed by atoms with Crippen molar-refractivity contribution in [3.05, 3.63) is 40.5 Å². The smallest absolute Gasteiger partial charge is 0.189 e. The Kier molecular flexibility index (Phi) is 4.55. The average Bonchev–Trinajstić information content (AvgIpc) is 2.45. The molecule has 0 atom stereocenters. The lowest BCUT2D eigenvalue weighted by Crippen LogP contribution is -2.10. The fraction of sp³-hybridized carbons (Fsp3) is 0.312. The molecule has 0 amide bonds. The highest BCUT2D eigenvalue weighted by molar-refractivity contribution is 7.98. The van der Waals surface area contributed by atoms with Gasteiger partial charge in [0.25, 0.3) is 0 Å². The average molecular weight is 318 g/mol. The van der Waals surface area contributed by atoms with Gasteiger partial charge in [-0.05, 0) is 17.2 Å². The largest absolute Gasteiger partial charge is 0.221 e. The Morgan fingerprint density at radius 1 is 1.14 bits per heavy atom. The molecule has 5 heteroatoms. The molecule has 0 saturated carbocycles. The first kappa shape index (κ1) is 15.8. The van der Waals surface area contributed by atoms with E-state index in [1.165, 1.54) is 17.3 Å². The molecule has 0 aliphatic carbocycles. The first-order chi connectivity index (χ1) is 9.86. The fourth-order valence-corrected chi connectivity index (χ4v) is 2.57. The number of hydrogen-bond donors (Lipinski definition) is 0. The van der Waals surface area contributed by atoms with E-state index in [1.807, 2.05) is 18.4 Å². The number of hydrogen-bond acceptors (Lipinski definition) is 4. The minimum atomic E-state index is 0.0876. The van der Waals surface area contributed by atoms with Crippen molar-refractivity contribution in [2.45, 2.75) is 31.3 Å². The molecule has 0 fully saturated rings. The second-order valence-electron chi connectivity index (χ2n) is 5.66. The van der Waals surface area contributed by atoms with Crippen LogP contribution in [0, 0.1) is 11.3 Å². The zero-order chi connectivity index (χ0) is 15.6. The molecule has 0 spiro atoms. The molecule has 0 aliphatic heterocycles. The molecule has 0 aliphatic rings. The lowest BCUT2D eigenvalue weighted by atomic mass is 9.86. The molecule has 0 unspecified atom stereocenters. The van der Waals surface area contributed by atoms with E-state index >= 15 is 0 Å². The number of aromatic nitrogens is 2. The number of nitriles is 1. The van der Waals surface area contributed by atoms with Gasteiger partial charge in [0.2, 0.25) is 0 Å². The molecular weight excluding hydrogens is 302 g/mol. The van der Waals surface area contributed by atoms with Gasteiger partial charge in [-0.1, -0.05) is 68.4 Å². The third kappa shape index (κ3) is 3.37. The van der Waals surface area contributed by atoms with Crippen LogP contribution in [0.1, 0.15) is 31.9 Å². The predicted molar refractivity (Wildman–Crippen MR) is 87.7 cm³/mol. The highest BCUT2D eigenvalue weighted by atomic mass is 35.5. The SMILES string of the molecule is CSc1nc(Cl)c(C#N)c(-c2ccc(C(C)(C)C)cc2)n1. The summed E-state index contributed by atoms with van der Waals surface area (Å²) in [6.45, 7) is 6.49. The van der Waals surface area contributed by atoms with E-state index in [0.717, 1.165) is 5.56 Å². The van der Waals surface area contributed by atoms with Gasteiger partial charge in [0.05, 0.1) is 5.69 Å². The van der Waals surface area contributed by atoms with Crippen molar-refractivity contribution < 1.29 is 0 Å². The van der Waals surface area contributed by atoms with Gasteiger partial charge in [0.15, 0.2) is 10.3 Å². The normalized spacial score (nSPS) is 11.2. The molecule has 1 heterocycles. The summed E-state index contributed by atoms with van der Waals surface area (Å²) in [4.78, 5) is 8.53. The van der Waals surface area contributed by atoms with Crippen LogP contribution in [-0.4, -0.2) is 16.2 Å². The molecule has 1 aromatic carbocycles. The fourth-order valence-electron chi connectivity index (χ4n) is 1.94. The molecule has 3 nitrogen and oxygen atoms in total. The highest BCUT2D eigenvalue weighted by Crippen LogP contribution is 2.30. The van der Waals surface area contributed by atoms with Crippen LogP contribution in [-0.2, 0) is 5.41 Å². The van der Waals surface area contributed by atoms with Crippen LogP contribution in [0.2, 0.25) is 5.15 Å². The molecule has 1 aromatic heterocycles. The maximum atomic E-state index is 9.29. The molecule has 0 saturated heterocycles. The van der Waals surface area contributed by atoms with E-state index in [9.17, 15) is 5.26 Å². The van der Waals surface area contributed by atoms with E-state index in [0.29, 0.717) is 16.4 Å². The van der Waals surface area contributed by atoms with Crippen molar-refractivity contribution in [1.82, 2.24) is 9.97 Å². The number of nitrogens with zero attached hydrogens (tertiary/aromatic N) is 3. The second kappa shape index (κ2) is 6.05. The minimum Gasteiger partial charge on any atom is -0.221 e. The molecule has 0 bridgehead atoms. The molecule has 0 radical (unpaired) electrons. The molecule has 2 rings (SSSR count). The van der Waals surface area contributed by atoms with Gasteiger partial charge in [-0.3, -0.25) is 0 Å². The number of thioether (sulfide) groups is 1. The Labute approximate surface area is 134 Å². The summed E-state index contributed by atoms with van der Waals surface area (Å²) in [5.74, 6) is 0. The van der Waals surface area contributed by atoms with Crippen LogP contribution in [0.5, 0.6) is 0 Å². The summed E-state index contributed by atoms with van der Waals surface area (Å²) in [5.41, 5.74) is 3.10. The summed E-state index contributed by atoms with van der Waals surface area (Å²) >= 11 is 7.48. The quantitative estimate of drug-likeness (QED) is 0.458. The predicted octanol–water partition coefficient (Wildman–Crippen LogP) is 4.69. The van der Waals surface area contributed by atoms with Crippen molar-refractivity contribution in [3.8, 4) is 17.3 Å². The van der Waals surface area contributed by atoms with Gasteiger partial charge < -0.3 is 0 Å². The first-order valence-corrected chi connectivity index (χ1v) is 8.09. The molecule has 0 N–H and O–H groups in total. The molecular formula is C16H16ClN3S. The van der Waals surface area contributed by atoms with E-state index in [-0.39, 0.29) is 10.6 Å². The Balaban J connectivity index is 2.56. The van der Waals surface area contributed by atoms with E-state index in [1.54, 1.807) is 0 Å². The van der Waals surface area contributed by atoms with Crippen LogP contribution >= 0.6 is 23.4 Å². The summed E-state index contributed by atoms with van der Waals surface area (Å²) in [5, 5.41) is 10.1. The summed E-state index contributed by atoms with van der Waals surface area (Å²) in [7, 11) is 0. The number of rotatable bonds is 2. The Bertz CT molecular complexity index is 697. The zero-order valence-corrected chi connectivity index (χ0v) is 14.0. The summed E-state index contributed by atoms with van der Waals surface area (Å²) in [6, 6.07) is 10.2. The maximum absolute atomic E-state index is 9.29. The molecule has 2 aromatic rings. The lowest BCUT2D eigenvalue weighted by Gasteiger charge is -2.19. The first-order valence-electron chi connectivity index (χ1n) is 6.49. The van der Waals surface area contributed by atoms with Crippen molar-refractivity contribution in [1.29, 1.82) is 5.26 Å². The Morgan fingerprint density at radius 2 is 1.76 bits per heavy atom. The van der Waals surface area contributed by atoms with Crippen LogP contribution < -0.4 is 0 Å². The minimum absolute atomic E-state index is 0.0876. The maximum Gasteiger partial charge on any atom is 0.189 e. The van der Waals surface area contributed by atoms with E-state index in [2.05, 4.69) is 48.9 Å². The van der Waals surface area contributed by atoms with Gasteiger partial charge in [-0.25, -0.2) is 9.97 Å². The molecule has 108 valence electrons. The van der Waals surface area contributed by atoms with Gasteiger partial charge in [0, 0.05) is 5.56 Å². The van der Waals surface area contributed by atoms with Crippen LogP contribution in [0.25, 0.3) is 11.3 Å².